The van der Waals surface area contributed by atoms with Gasteiger partial charge in [-0.05, 0) is 57.1 Å². The lowest BCUT2D eigenvalue weighted by Gasteiger charge is -2.27. The third kappa shape index (κ3) is 10.6. The number of alkyl carbamates (subject to hydrolysis) is 1. The number of amides is 3. The maximum atomic E-state index is 13.4. The highest BCUT2D eigenvalue weighted by atomic mass is 16.6. The topological polar surface area (TPSA) is 131 Å². The second-order valence-electron chi connectivity index (χ2n) is 10.9. The zero-order chi connectivity index (χ0) is 28.3. The summed E-state index contributed by atoms with van der Waals surface area (Å²) in [5.41, 5.74) is 7.45. The van der Waals surface area contributed by atoms with Crippen LogP contribution < -0.4 is 16.4 Å². The van der Waals surface area contributed by atoms with Gasteiger partial charge in [0.25, 0.3) is 0 Å². The monoisotopic (exact) mass is 525 g/mol. The Bertz CT molecular complexity index is 1020. The summed E-state index contributed by atoms with van der Waals surface area (Å²) < 4.78 is 5.31. The summed E-state index contributed by atoms with van der Waals surface area (Å²) in [5, 5.41) is 16.0. The minimum atomic E-state index is -0.963. The molecule has 0 bridgehead atoms. The van der Waals surface area contributed by atoms with Crippen LogP contribution in [0.25, 0.3) is 0 Å². The van der Waals surface area contributed by atoms with Gasteiger partial charge in [0.05, 0.1) is 6.10 Å². The van der Waals surface area contributed by atoms with Gasteiger partial charge in [0.1, 0.15) is 11.6 Å². The Morgan fingerprint density at radius 2 is 1.45 bits per heavy atom. The van der Waals surface area contributed by atoms with E-state index in [1.54, 1.807) is 20.8 Å². The molecule has 38 heavy (non-hydrogen) atoms. The number of imide groups is 1. The Hall–Kier alpha value is -3.23. The van der Waals surface area contributed by atoms with Gasteiger partial charge in [-0.15, -0.1) is 0 Å². The van der Waals surface area contributed by atoms with Crippen LogP contribution in [0.2, 0.25) is 0 Å². The van der Waals surface area contributed by atoms with Crippen molar-refractivity contribution in [3.8, 4) is 0 Å². The maximum absolute atomic E-state index is 13.4. The largest absolute Gasteiger partial charge is 0.444 e. The van der Waals surface area contributed by atoms with Crippen molar-refractivity contribution < 1.29 is 24.2 Å². The Morgan fingerprint density at radius 1 is 0.921 bits per heavy atom. The van der Waals surface area contributed by atoms with Gasteiger partial charge in [-0.2, -0.15) is 0 Å². The fourth-order valence-corrected chi connectivity index (χ4v) is 4.11. The highest BCUT2D eigenvalue weighted by molar-refractivity contribution is 6.00. The first-order chi connectivity index (χ1) is 17.9. The van der Waals surface area contributed by atoms with Gasteiger partial charge in [-0.25, -0.2) is 4.79 Å². The van der Waals surface area contributed by atoms with Crippen LogP contribution in [-0.2, 0) is 27.2 Å². The van der Waals surface area contributed by atoms with Gasteiger partial charge in [0.2, 0.25) is 11.8 Å². The molecule has 0 saturated heterocycles. The molecule has 2 aromatic carbocycles. The van der Waals surface area contributed by atoms with E-state index in [0.29, 0.717) is 19.3 Å². The predicted molar refractivity (Wildman–Crippen MR) is 148 cm³/mol. The van der Waals surface area contributed by atoms with E-state index in [9.17, 15) is 19.5 Å². The maximum Gasteiger partial charge on any atom is 0.408 e. The molecule has 5 atom stereocenters. The van der Waals surface area contributed by atoms with E-state index in [2.05, 4.69) is 10.6 Å². The molecule has 208 valence electrons. The normalized spacial score (nSPS) is 15.4. The molecule has 0 unspecified atom stereocenters. The quantitative estimate of drug-likeness (QED) is 0.334. The number of rotatable bonds is 12. The van der Waals surface area contributed by atoms with Gasteiger partial charge in [-0.3, -0.25) is 14.9 Å². The Labute approximate surface area is 226 Å². The molecule has 2 rings (SSSR count). The lowest BCUT2D eigenvalue weighted by molar-refractivity contribution is -0.135. The molecule has 8 nitrogen and oxygen atoms in total. The van der Waals surface area contributed by atoms with E-state index < -0.39 is 47.6 Å². The molecule has 0 aromatic heterocycles. The van der Waals surface area contributed by atoms with Crippen molar-refractivity contribution in [3.63, 3.8) is 0 Å². The number of nitrogens with one attached hydrogen (secondary N) is 2. The molecule has 8 heteroatoms. The van der Waals surface area contributed by atoms with Crippen molar-refractivity contribution in [2.24, 2.45) is 17.6 Å². The number of nitrogens with two attached hydrogens (primary N) is 1. The summed E-state index contributed by atoms with van der Waals surface area (Å²) in [6.07, 6.45) is -0.236. The van der Waals surface area contributed by atoms with E-state index in [0.717, 1.165) is 11.1 Å². The summed E-state index contributed by atoms with van der Waals surface area (Å²) in [5.74, 6) is -2.09. The number of ether oxygens (including phenoxy) is 1. The van der Waals surface area contributed by atoms with Crippen LogP contribution in [0.5, 0.6) is 0 Å². The van der Waals surface area contributed by atoms with Crippen molar-refractivity contribution in [1.82, 2.24) is 10.6 Å². The smallest absolute Gasteiger partial charge is 0.408 e. The summed E-state index contributed by atoms with van der Waals surface area (Å²) in [4.78, 5) is 38.9. The zero-order valence-corrected chi connectivity index (χ0v) is 23.1. The SMILES string of the molecule is CC[C@H](C)[C@H](NC(=O)OC(C)(C)C)C(=O)NC(=O)[C@H](Cc1ccccc1)C[C@H](O)[C@@H](N)Cc1ccccc1. The molecular weight excluding hydrogens is 482 g/mol. The van der Waals surface area contributed by atoms with E-state index in [-0.39, 0.29) is 12.3 Å². The molecule has 0 radical (unpaired) electrons. The van der Waals surface area contributed by atoms with E-state index in [4.69, 9.17) is 10.5 Å². The molecule has 2 aromatic rings. The first kappa shape index (κ1) is 31.0. The van der Waals surface area contributed by atoms with Crippen molar-refractivity contribution in [1.29, 1.82) is 0 Å². The third-order valence-electron chi connectivity index (χ3n) is 6.44. The van der Waals surface area contributed by atoms with E-state index in [1.165, 1.54) is 0 Å². The van der Waals surface area contributed by atoms with Crippen molar-refractivity contribution in [2.45, 2.75) is 84.1 Å². The number of carbonyl (C=O) groups excluding carboxylic acids is 3. The van der Waals surface area contributed by atoms with Crippen molar-refractivity contribution in [2.75, 3.05) is 0 Å². The molecule has 0 fully saturated rings. The zero-order valence-electron chi connectivity index (χ0n) is 23.1. The molecule has 0 spiro atoms. The number of aliphatic hydroxyl groups is 1. The second-order valence-corrected chi connectivity index (χ2v) is 10.9. The summed E-state index contributed by atoms with van der Waals surface area (Å²) in [6, 6.07) is 17.5. The molecule has 0 heterocycles. The average Bonchev–Trinajstić information content (AvgIpc) is 2.86. The molecule has 5 N–H and O–H groups in total. The number of hydrogen-bond donors (Lipinski definition) is 4. The molecular formula is C30H43N3O5. The Kier molecular flexibility index (Phi) is 11.9. The standard InChI is InChI=1S/C30H43N3O5/c1-6-20(2)26(32-29(37)38-30(3,4)5)28(36)33-27(35)23(17-21-13-9-7-10-14-21)19-25(34)24(31)18-22-15-11-8-12-16-22/h7-16,20,23-26,34H,6,17-19,31H2,1-5H3,(H,32,37)(H,33,35,36)/t20-,23+,24-,25-,26-/m0/s1. The fraction of sp³-hybridized carbons (Fsp3) is 0.500. The number of hydrogen-bond acceptors (Lipinski definition) is 6. The van der Waals surface area contributed by atoms with Gasteiger partial charge in [0, 0.05) is 12.0 Å². The first-order valence-electron chi connectivity index (χ1n) is 13.2. The van der Waals surface area contributed by atoms with Crippen LogP contribution in [0.1, 0.15) is 58.6 Å². The summed E-state index contributed by atoms with van der Waals surface area (Å²) >= 11 is 0. The summed E-state index contributed by atoms with van der Waals surface area (Å²) in [7, 11) is 0. The van der Waals surface area contributed by atoms with E-state index >= 15 is 0 Å². The van der Waals surface area contributed by atoms with Gasteiger partial charge < -0.3 is 20.9 Å². The highest BCUT2D eigenvalue weighted by Gasteiger charge is 2.32. The van der Waals surface area contributed by atoms with Crippen LogP contribution in [0.15, 0.2) is 60.7 Å². The molecule has 0 saturated carbocycles. The van der Waals surface area contributed by atoms with Crippen LogP contribution in [0, 0.1) is 11.8 Å². The molecule has 0 aliphatic rings. The lowest BCUT2D eigenvalue weighted by Crippen LogP contribution is -2.53. The highest BCUT2D eigenvalue weighted by Crippen LogP contribution is 2.19. The van der Waals surface area contributed by atoms with Gasteiger partial charge in [-0.1, -0.05) is 80.9 Å². The van der Waals surface area contributed by atoms with Crippen LogP contribution in [0.4, 0.5) is 4.79 Å². The fourth-order valence-electron chi connectivity index (χ4n) is 4.11. The number of aliphatic hydroxyl groups excluding tert-OH is 1. The average molecular weight is 526 g/mol. The number of carbonyl (C=O) groups is 3. The van der Waals surface area contributed by atoms with E-state index in [1.807, 2.05) is 74.5 Å². The van der Waals surface area contributed by atoms with Crippen LogP contribution in [-0.4, -0.2) is 46.8 Å². The Morgan fingerprint density at radius 3 is 1.95 bits per heavy atom. The predicted octanol–water partition coefficient (Wildman–Crippen LogP) is 3.75. The first-order valence-corrected chi connectivity index (χ1v) is 13.2. The van der Waals surface area contributed by atoms with Crippen LogP contribution in [0.3, 0.4) is 0 Å². The number of benzene rings is 2. The molecule has 3 amide bonds. The summed E-state index contributed by atoms with van der Waals surface area (Å²) in [6.45, 7) is 8.91. The van der Waals surface area contributed by atoms with Crippen molar-refractivity contribution >= 4 is 17.9 Å². The Balaban J connectivity index is 2.15. The van der Waals surface area contributed by atoms with Crippen molar-refractivity contribution in [3.05, 3.63) is 71.8 Å². The van der Waals surface area contributed by atoms with Gasteiger partial charge >= 0.3 is 6.09 Å². The minimum absolute atomic E-state index is 0.0789. The third-order valence-corrected chi connectivity index (χ3v) is 6.44. The molecule has 0 aliphatic heterocycles. The van der Waals surface area contributed by atoms with Crippen LogP contribution >= 0.6 is 0 Å². The lowest BCUT2D eigenvalue weighted by atomic mass is 9.88. The van der Waals surface area contributed by atoms with Gasteiger partial charge in [0.15, 0.2) is 0 Å². The minimum Gasteiger partial charge on any atom is -0.444 e. The second kappa shape index (κ2) is 14.6. The molecule has 0 aliphatic carbocycles.